The van der Waals surface area contributed by atoms with Gasteiger partial charge in [0.05, 0.1) is 12.4 Å². The van der Waals surface area contributed by atoms with Crippen molar-refractivity contribution in [1.82, 2.24) is 25.9 Å². The van der Waals surface area contributed by atoms with Crippen LogP contribution in [-0.2, 0) is 32.0 Å². The molecule has 202 valence electrons. The Kier molecular flexibility index (Phi) is 11.3. The van der Waals surface area contributed by atoms with Crippen molar-refractivity contribution >= 4 is 23.7 Å². The molecule has 2 rings (SSSR count). The molecule has 0 spiro atoms. The van der Waals surface area contributed by atoms with E-state index in [-0.39, 0.29) is 24.7 Å². The molecule has 0 aliphatic rings. The van der Waals surface area contributed by atoms with Gasteiger partial charge < -0.3 is 31.8 Å². The Bertz CT molecular complexity index is 1030. The number of carbonyl (C=O) groups is 4. The van der Waals surface area contributed by atoms with Gasteiger partial charge in [-0.15, -0.1) is 0 Å². The van der Waals surface area contributed by atoms with Crippen molar-refractivity contribution in [3.05, 3.63) is 54.1 Å². The van der Waals surface area contributed by atoms with E-state index < -0.39 is 47.9 Å². The van der Waals surface area contributed by atoms with E-state index in [1.54, 1.807) is 44.3 Å². The minimum atomic E-state index is -1.18. The standard InChI is InChI=1S/C26H38N6O5/c1-5-16(4)22(32-23(33)19(27)12-18-13-28-14-29-18)25(35)31-21(15(2)3)24(34)30-20(26(36)37)11-17-9-7-6-8-10-17/h6-10,13-16,19-22H,5,11-12,27H2,1-4H3,(H,28,29)(H,30,34)(H,31,35)(H,32,33)(H,36,37). The molecule has 3 amide bonds. The van der Waals surface area contributed by atoms with Crippen LogP contribution in [0, 0.1) is 11.8 Å². The number of carbonyl (C=O) groups excluding carboxylic acids is 3. The average molecular weight is 515 g/mol. The van der Waals surface area contributed by atoms with Crippen molar-refractivity contribution < 1.29 is 24.3 Å². The highest BCUT2D eigenvalue weighted by molar-refractivity contribution is 5.94. The molecular weight excluding hydrogens is 476 g/mol. The number of benzene rings is 1. The van der Waals surface area contributed by atoms with Crippen LogP contribution < -0.4 is 21.7 Å². The Hall–Kier alpha value is -3.73. The molecule has 11 heteroatoms. The summed E-state index contributed by atoms with van der Waals surface area (Å²) in [6, 6.07) is 4.94. The van der Waals surface area contributed by atoms with Gasteiger partial charge in [0.2, 0.25) is 17.7 Å². The minimum absolute atomic E-state index is 0.0977. The lowest BCUT2D eigenvalue weighted by molar-refractivity contribution is -0.142. The highest BCUT2D eigenvalue weighted by atomic mass is 16.4. The Morgan fingerprint density at radius 2 is 1.57 bits per heavy atom. The number of hydrogen-bond donors (Lipinski definition) is 6. The van der Waals surface area contributed by atoms with Gasteiger partial charge in [-0.25, -0.2) is 9.78 Å². The lowest BCUT2D eigenvalue weighted by Crippen LogP contribution is -2.60. The summed E-state index contributed by atoms with van der Waals surface area (Å²) in [6.07, 6.45) is 3.96. The maximum Gasteiger partial charge on any atom is 0.326 e. The summed E-state index contributed by atoms with van der Waals surface area (Å²) in [5, 5.41) is 17.6. The number of nitrogens with two attached hydrogens (primary N) is 1. The van der Waals surface area contributed by atoms with Crippen LogP contribution in [0.5, 0.6) is 0 Å². The topological polar surface area (TPSA) is 179 Å². The molecule has 1 heterocycles. The zero-order valence-electron chi connectivity index (χ0n) is 21.7. The predicted molar refractivity (Wildman–Crippen MR) is 138 cm³/mol. The number of nitrogens with one attached hydrogen (secondary N) is 4. The number of carboxylic acids is 1. The summed E-state index contributed by atoms with van der Waals surface area (Å²) >= 11 is 0. The van der Waals surface area contributed by atoms with E-state index >= 15 is 0 Å². The molecule has 0 bridgehead atoms. The van der Waals surface area contributed by atoms with E-state index in [1.165, 1.54) is 6.33 Å². The number of nitrogens with zero attached hydrogens (tertiary/aromatic N) is 1. The van der Waals surface area contributed by atoms with Crippen molar-refractivity contribution in [3.63, 3.8) is 0 Å². The number of hydrogen-bond acceptors (Lipinski definition) is 6. The van der Waals surface area contributed by atoms with Crippen LogP contribution in [0.25, 0.3) is 0 Å². The van der Waals surface area contributed by atoms with E-state index in [4.69, 9.17) is 5.73 Å². The number of aromatic nitrogens is 2. The Morgan fingerprint density at radius 1 is 0.946 bits per heavy atom. The molecule has 0 fully saturated rings. The third-order valence-electron chi connectivity index (χ3n) is 6.27. The molecular formula is C26H38N6O5. The SMILES string of the molecule is CCC(C)C(NC(=O)C(N)Cc1cnc[nH]1)C(=O)NC(C(=O)NC(Cc1ccccc1)C(=O)O)C(C)C. The average Bonchev–Trinajstić information content (AvgIpc) is 3.37. The monoisotopic (exact) mass is 514 g/mol. The lowest BCUT2D eigenvalue weighted by Gasteiger charge is -2.29. The number of amides is 3. The first-order chi connectivity index (χ1) is 17.5. The number of aromatic amines is 1. The van der Waals surface area contributed by atoms with E-state index in [1.807, 2.05) is 19.9 Å². The summed E-state index contributed by atoms with van der Waals surface area (Å²) in [5.74, 6) is -3.43. The van der Waals surface area contributed by atoms with E-state index in [0.29, 0.717) is 12.1 Å². The molecule has 0 aliphatic heterocycles. The summed E-state index contributed by atoms with van der Waals surface area (Å²) in [5.41, 5.74) is 7.47. The third-order valence-corrected chi connectivity index (χ3v) is 6.27. The quantitative estimate of drug-likeness (QED) is 0.215. The molecule has 2 aromatic rings. The van der Waals surface area contributed by atoms with Gasteiger partial charge in [0.1, 0.15) is 18.1 Å². The largest absolute Gasteiger partial charge is 0.480 e. The summed E-state index contributed by atoms with van der Waals surface area (Å²) in [4.78, 5) is 57.7. The fourth-order valence-electron chi connectivity index (χ4n) is 3.78. The number of rotatable bonds is 14. The van der Waals surface area contributed by atoms with Crippen LogP contribution >= 0.6 is 0 Å². The zero-order chi connectivity index (χ0) is 27.5. The molecule has 1 aromatic heterocycles. The van der Waals surface area contributed by atoms with Gasteiger partial charge >= 0.3 is 5.97 Å². The number of aliphatic carboxylic acids is 1. The molecule has 0 saturated carbocycles. The normalized spacial score (nSPS) is 15.2. The molecule has 11 nitrogen and oxygen atoms in total. The number of carboxylic acid groups (broad SMARTS) is 1. The molecule has 0 saturated heterocycles. The number of imidazole rings is 1. The van der Waals surface area contributed by atoms with Crippen molar-refractivity contribution in [1.29, 1.82) is 0 Å². The third kappa shape index (κ3) is 9.02. The maximum absolute atomic E-state index is 13.3. The van der Waals surface area contributed by atoms with Gasteiger partial charge in [-0.2, -0.15) is 0 Å². The highest BCUT2D eigenvalue weighted by Gasteiger charge is 2.33. The van der Waals surface area contributed by atoms with E-state index in [2.05, 4.69) is 25.9 Å². The molecule has 1 aromatic carbocycles. The first kappa shape index (κ1) is 29.5. The number of H-pyrrole nitrogens is 1. The van der Waals surface area contributed by atoms with Gasteiger partial charge in [-0.05, 0) is 17.4 Å². The second-order valence-electron chi connectivity index (χ2n) is 9.58. The van der Waals surface area contributed by atoms with Crippen LogP contribution in [0.1, 0.15) is 45.4 Å². The van der Waals surface area contributed by atoms with Crippen LogP contribution in [-0.4, -0.2) is 62.9 Å². The Morgan fingerprint density at radius 3 is 2.11 bits per heavy atom. The van der Waals surface area contributed by atoms with Crippen molar-refractivity contribution in [2.45, 2.75) is 71.1 Å². The maximum atomic E-state index is 13.3. The lowest BCUT2D eigenvalue weighted by atomic mass is 9.95. The molecule has 0 aliphatic carbocycles. The molecule has 37 heavy (non-hydrogen) atoms. The van der Waals surface area contributed by atoms with Crippen LogP contribution in [0.2, 0.25) is 0 Å². The summed E-state index contributed by atoms with van der Waals surface area (Å²) in [6.45, 7) is 7.19. The van der Waals surface area contributed by atoms with Gasteiger partial charge in [0, 0.05) is 24.7 Å². The highest BCUT2D eigenvalue weighted by Crippen LogP contribution is 2.12. The second-order valence-corrected chi connectivity index (χ2v) is 9.58. The first-order valence-corrected chi connectivity index (χ1v) is 12.4. The molecule has 7 N–H and O–H groups in total. The predicted octanol–water partition coefficient (Wildman–Crippen LogP) is 0.763. The smallest absolute Gasteiger partial charge is 0.326 e. The Labute approximate surface area is 217 Å². The van der Waals surface area contributed by atoms with Crippen LogP contribution in [0.3, 0.4) is 0 Å². The van der Waals surface area contributed by atoms with E-state index in [9.17, 15) is 24.3 Å². The van der Waals surface area contributed by atoms with Crippen molar-refractivity contribution in [2.75, 3.05) is 0 Å². The minimum Gasteiger partial charge on any atom is -0.480 e. The zero-order valence-corrected chi connectivity index (χ0v) is 21.7. The summed E-state index contributed by atoms with van der Waals surface area (Å²) in [7, 11) is 0. The fraction of sp³-hybridized carbons (Fsp3) is 0.500. The van der Waals surface area contributed by atoms with Crippen LogP contribution in [0.4, 0.5) is 0 Å². The van der Waals surface area contributed by atoms with Crippen molar-refractivity contribution in [3.8, 4) is 0 Å². The van der Waals surface area contributed by atoms with Crippen LogP contribution in [0.15, 0.2) is 42.9 Å². The van der Waals surface area contributed by atoms with Gasteiger partial charge in [-0.3, -0.25) is 14.4 Å². The van der Waals surface area contributed by atoms with Gasteiger partial charge in [-0.1, -0.05) is 64.4 Å². The Balaban J connectivity index is 2.10. The summed E-state index contributed by atoms with van der Waals surface area (Å²) < 4.78 is 0. The van der Waals surface area contributed by atoms with Gasteiger partial charge in [0.15, 0.2) is 0 Å². The fourth-order valence-corrected chi connectivity index (χ4v) is 3.78. The molecule has 5 unspecified atom stereocenters. The second kappa shape index (κ2) is 14.1. The first-order valence-electron chi connectivity index (χ1n) is 12.4. The van der Waals surface area contributed by atoms with Gasteiger partial charge in [0.25, 0.3) is 0 Å². The van der Waals surface area contributed by atoms with E-state index in [0.717, 1.165) is 5.56 Å². The molecule has 5 atom stereocenters. The molecule has 0 radical (unpaired) electrons. The van der Waals surface area contributed by atoms with Crippen molar-refractivity contribution in [2.24, 2.45) is 17.6 Å².